The minimum atomic E-state index is -0.182. The Kier molecular flexibility index (Phi) is 15.6. The predicted molar refractivity (Wildman–Crippen MR) is 117 cm³/mol. The molecule has 0 aliphatic heterocycles. The van der Waals surface area contributed by atoms with Gasteiger partial charge in [-0.15, -0.1) is 0 Å². The Morgan fingerprint density at radius 2 is 1.53 bits per heavy atom. The second-order valence-electron chi connectivity index (χ2n) is 6.76. The molecule has 0 amide bonds. The average molecular weight is 421 g/mol. The fourth-order valence-electron chi connectivity index (χ4n) is 2.12. The standard InChI is InChI=1S/C10H10N2O.C7H14O2.C6H12O2/c1-7-4-3-5-9(6-7)10-11-8(2)12-13-10;1-3-4-5-6-9-7(2)8;1-3-4-5-8-6(2)7/h3-6H,1-2H3;3-6H2,1-2H3;3-5H2,1-2H3. The van der Waals surface area contributed by atoms with Crippen LogP contribution in [0, 0.1) is 13.8 Å². The van der Waals surface area contributed by atoms with Gasteiger partial charge in [-0.1, -0.05) is 56.0 Å². The predicted octanol–water partition coefficient (Wildman–Crippen LogP) is 5.44. The van der Waals surface area contributed by atoms with Crippen LogP contribution in [0.1, 0.15) is 71.2 Å². The Bertz CT molecular complexity index is 728. The Labute approximate surface area is 180 Å². The molecule has 0 spiro atoms. The fraction of sp³-hybridized carbons (Fsp3) is 0.565. The Morgan fingerprint density at radius 3 is 2.00 bits per heavy atom. The lowest BCUT2D eigenvalue weighted by Crippen LogP contribution is -1.99. The lowest BCUT2D eigenvalue weighted by atomic mass is 10.1. The zero-order chi connectivity index (χ0) is 22.8. The Hall–Kier alpha value is -2.70. The van der Waals surface area contributed by atoms with Crippen molar-refractivity contribution in [1.29, 1.82) is 0 Å². The molecule has 1 heterocycles. The molecule has 2 rings (SSSR count). The number of ether oxygens (including phenoxy) is 2. The van der Waals surface area contributed by atoms with Crippen LogP contribution in [0.5, 0.6) is 0 Å². The molecule has 7 nitrogen and oxygen atoms in total. The van der Waals surface area contributed by atoms with Gasteiger partial charge in [-0.2, -0.15) is 4.98 Å². The molecular weight excluding hydrogens is 384 g/mol. The largest absolute Gasteiger partial charge is 0.466 e. The molecule has 2 aromatic rings. The first-order valence-corrected chi connectivity index (χ1v) is 10.4. The summed E-state index contributed by atoms with van der Waals surface area (Å²) >= 11 is 0. The second kappa shape index (κ2) is 17.2. The molecule has 0 atom stereocenters. The van der Waals surface area contributed by atoms with Crippen molar-refractivity contribution in [3.05, 3.63) is 35.7 Å². The maximum Gasteiger partial charge on any atom is 0.302 e. The van der Waals surface area contributed by atoms with Crippen molar-refractivity contribution in [3.8, 4) is 11.5 Å². The molecular formula is C23H36N2O5. The van der Waals surface area contributed by atoms with Crippen molar-refractivity contribution in [3.63, 3.8) is 0 Å². The number of unbranched alkanes of at least 4 members (excludes halogenated alkanes) is 3. The number of esters is 2. The molecule has 0 aliphatic carbocycles. The molecule has 0 unspecified atom stereocenters. The summed E-state index contributed by atoms with van der Waals surface area (Å²) < 4.78 is 14.4. The summed E-state index contributed by atoms with van der Waals surface area (Å²) in [7, 11) is 0. The van der Waals surface area contributed by atoms with Crippen molar-refractivity contribution in [2.24, 2.45) is 0 Å². The van der Waals surface area contributed by atoms with Crippen LogP contribution in [0.2, 0.25) is 0 Å². The topological polar surface area (TPSA) is 91.5 Å². The van der Waals surface area contributed by atoms with Gasteiger partial charge in [-0.05, 0) is 38.8 Å². The highest BCUT2D eigenvalue weighted by molar-refractivity contribution is 5.66. The first-order valence-electron chi connectivity index (χ1n) is 10.4. The highest BCUT2D eigenvalue weighted by Crippen LogP contribution is 2.17. The lowest BCUT2D eigenvalue weighted by Gasteiger charge is -1.98. The van der Waals surface area contributed by atoms with Gasteiger partial charge in [0.1, 0.15) is 0 Å². The van der Waals surface area contributed by atoms with Crippen molar-refractivity contribution >= 4 is 11.9 Å². The molecule has 1 aromatic heterocycles. The van der Waals surface area contributed by atoms with Crippen LogP contribution < -0.4 is 0 Å². The van der Waals surface area contributed by atoms with E-state index in [1.165, 1.54) is 25.8 Å². The van der Waals surface area contributed by atoms with E-state index in [9.17, 15) is 9.59 Å². The third-order valence-electron chi connectivity index (χ3n) is 3.65. The summed E-state index contributed by atoms with van der Waals surface area (Å²) in [5.74, 6) is 0.891. The van der Waals surface area contributed by atoms with Gasteiger partial charge in [0.25, 0.3) is 5.89 Å². The van der Waals surface area contributed by atoms with Gasteiger partial charge in [0.15, 0.2) is 5.82 Å². The summed E-state index contributed by atoms with van der Waals surface area (Å²) in [6.07, 6.45) is 5.36. The van der Waals surface area contributed by atoms with Gasteiger partial charge in [-0.25, -0.2) is 0 Å². The van der Waals surface area contributed by atoms with Gasteiger partial charge < -0.3 is 14.0 Å². The Morgan fingerprint density at radius 1 is 0.933 bits per heavy atom. The zero-order valence-electron chi connectivity index (χ0n) is 19.2. The molecule has 7 heteroatoms. The first-order chi connectivity index (χ1) is 14.3. The number of carbonyl (C=O) groups is 2. The number of nitrogens with zero attached hydrogens (tertiary/aromatic N) is 2. The maximum atomic E-state index is 10.2. The van der Waals surface area contributed by atoms with Crippen LogP contribution in [0.3, 0.4) is 0 Å². The third kappa shape index (κ3) is 15.2. The van der Waals surface area contributed by atoms with E-state index in [1.807, 2.05) is 38.1 Å². The van der Waals surface area contributed by atoms with Crippen molar-refractivity contribution in [1.82, 2.24) is 10.1 Å². The number of benzene rings is 1. The molecule has 168 valence electrons. The van der Waals surface area contributed by atoms with Gasteiger partial charge in [0.2, 0.25) is 0 Å². The molecule has 0 bridgehead atoms. The molecule has 0 saturated carbocycles. The molecule has 0 fully saturated rings. The summed E-state index contributed by atoms with van der Waals surface area (Å²) in [4.78, 5) is 24.4. The molecule has 0 saturated heterocycles. The van der Waals surface area contributed by atoms with Crippen LogP contribution in [-0.2, 0) is 19.1 Å². The van der Waals surface area contributed by atoms with E-state index < -0.39 is 0 Å². The third-order valence-corrected chi connectivity index (χ3v) is 3.65. The molecule has 1 aromatic carbocycles. The van der Waals surface area contributed by atoms with Crippen molar-refractivity contribution in [2.45, 2.75) is 73.6 Å². The summed E-state index contributed by atoms with van der Waals surface area (Å²) in [5, 5.41) is 3.74. The normalized spacial score (nSPS) is 9.53. The van der Waals surface area contributed by atoms with Crippen LogP contribution in [0.25, 0.3) is 11.5 Å². The fourth-order valence-corrected chi connectivity index (χ4v) is 2.12. The minimum Gasteiger partial charge on any atom is -0.466 e. The van der Waals surface area contributed by atoms with E-state index in [4.69, 9.17) is 9.26 Å². The SMILES string of the molecule is CCCCCOC(C)=O.CCCCOC(C)=O.Cc1cccc(-c2nc(C)no2)c1. The average Bonchev–Trinajstić information content (AvgIpc) is 3.13. The molecule has 0 N–H and O–H groups in total. The zero-order valence-corrected chi connectivity index (χ0v) is 19.2. The van der Waals surface area contributed by atoms with Crippen LogP contribution in [0.4, 0.5) is 0 Å². The maximum absolute atomic E-state index is 10.2. The van der Waals surface area contributed by atoms with Crippen LogP contribution in [-0.4, -0.2) is 35.3 Å². The first kappa shape index (κ1) is 27.3. The van der Waals surface area contributed by atoms with Gasteiger partial charge in [0, 0.05) is 19.4 Å². The van der Waals surface area contributed by atoms with E-state index in [2.05, 4.69) is 28.7 Å². The highest BCUT2D eigenvalue weighted by Gasteiger charge is 2.04. The van der Waals surface area contributed by atoms with E-state index in [1.54, 1.807) is 0 Å². The summed E-state index contributed by atoms with van der Waals surface area (Å²) in [6.45, 7) is 12.0. The summed E-state index contributed by atoms with van der Waals surface area (Å²) in [6, 6.07) is 7.99. The highest BCUT2D eigenvalue weighted by atomic mass is 16.5. The number of aryl methyl sites for hydroxylation is 2. The summed E-state index contributed by atoms with van der Waals surface area (Å²) in [5.41, 5.74) is 2.16. The van der Waals surface area contributed by atoms with E-state index in [-0.39, 0.29) is 11.9 Å². The molecule has 0 aliphatic rings. The van der Waals surface area contributed by atoms with Crippen LogP contribution >= 0.6 is 0 Å². The second-order valence-corrected chi connectivity index (χ2v) is 6.76. The monoisotopic (exact) mass is 420 g/mol. The molecule has 30 heavy (non-hydrogen) atoms. The van der Waals surface area contributed by atoms with Crippen LogP contribution in [0.15, 0.2) is 28.8 Å². The van der Waals surface area contributed by atoms with E-state index in [0.29, 0.717) is 24.9 Å². The van der Waals surface area contributed by atoms with E-state index in [0.717, 1.165) is 31.2 Å². The van der Waals surface area contributed by atoms with Gasteiger partial charge in [-0.3, -0.25) is 9.59 Å². The van der Waals surface area contributed by atoms with Crippen molar-refractivity contribution < 1.29 is 23.6 Å². The molecule has 0 radical (unpaired) electrons. The number of hydrogen-bond donors (Lipinski definition) is 0. The number of hydrogen-bond acceptors (Lipinski definition) is 7. The Balaban J connectivity index is 0.000000442. The smallest absolute Gasteiger partial charge is 0.302 e. The lowest BCUT2D eigenvalue weighted by molar-refractivity contribution is -0.142. The quantitative estimate of drug-likeness (QED) is 0.414. The van der Waals surface area contributed by atoms with Crippen molar-refractivity contribution in [2.75, 3.05) is 13.2 Å². The van der Waals surface area contributed by atoms with E-state index >= 15 is 0 Å². The minimum absolute atomic E-state index is 0.175. The number of aromatic nitrogens is 2. The van der Waals surface area contributed by atoms with Gasteiger partial charge in [0.05, 0.1) is 13.2 Å². The number of carbonyl (C=O) groups excluding carboxylic acids is 2. The number of rotatable bonds is 8. The van der Waals surface area contributed by atoms with Gasteiger partial charge >= 0.3 is 11.9 Å².